The number of ether oxygens (including phenoxy) is 1. The van der Waals surface area contributed by atoms with Gasteiger partial charge in [-0.2, -0.15) is 0 Å². The average molecular weight is 247 g/mol. The van der Waals surface area contributed by atoms with E-state index in [1.54, 1.807) is 38.2 Å². The van der Waals surface area contributed by atoms with Crippen LogP contribution in [0.1, 0.15) is 24.2 Å². The maximum atomic E-state index is 13.1. The highest BCUT2D eigenvalue weighted by Crippen LogP contribution is 2.27. The van der Waals surface area contributed by atoms with Crippen LogP contribution < -0.4 is 4.74 Å². The lowest BCUT2D eigenvalue weighted by Crippen LogP contribution is -1.98. The van der Waals surface area contributed by atoms with Gasteiger partial charge in [-0.3, -0.25) is 0 Å². The summed E-state index contributed by atoms with van der Waals surface area (Å²) in [4.78, 5) is 4.07. The molecule has 2 rings (SSSR count). The van der Waals surface area contributed by atoms with Crippen LogP contribution in [-0.4, -0.2) is 10.1 Å². The van der Waals surface area contributed by atoms with Gasteiger partial charge in [0, 0.05) is 11.8 Å². The first-order chi connectivity index (χ1) is 8.58. The van der Waals surface area contributed by atoms with E-state index < -0.39 is 6.10 Å². The lowest BCUT2D eigenvalue weighted by atomic mass is 10.2. The van der Waals surface area contributed by atoms with Crippen LogP contribution in [0.4, 0.5) is 4.39 Å². The topological polar surface area (TPSA) is 42.4 Å². The molecule has 0 aliphatic heterocycles. The van der Waals surface area contributed by atoms with E-state index in [1.165, 1.54) is 12.1 Å². The molecule has 0 aliphatic rings. The van der Waals surface area contributed by atoms with Crippen molar-refractivity contribution in [3.63, 3.8) is 0 Å². The highest BCUT2D eigenvalue weighted by Gasteiger charge is 2.11. The number of hydrogen-bond donors (Lipinski definition) is 1. The van der Waals surface area contributed by atoms with Gasteiger partial charge in [0.05, 0.1) is 6.10 Å². The largest absolute Gasteiger partial charge is 0.439 e. The number of benzene rings is 1. The average Bonchev–Trinajstić information content (AvgIpc) is 2.34. The Hall–Kier alpha value is -1.94. The van der Waals surface area contributed by atoms with Gasteiger partial charge in [0.1, 0.15) is 11.6 Å². The fraction of sp³-hybridized carbons (Fsp3) is 0.214. The van der Waals surface area contributed by atoms with Gasteiger partial charge < -0.3 is 9.84 Å². The third kappa shape index (κ3) is 2.65. The monoisotopic (exact) mass is 247 g/mol. The zero-order valence-corrected chi connectivity index (χ0v) is 10.2. The molecule has 0 saturated carbocycles. The second-order valence-electron chi connectivity index (χ2n) is 4.09. The van der Waals surface area contributed by atoms with Crippen LogP contribution >= 0.6 is 0 Å². The number of halogens is 1. The molecule has 1 aromatic carbocycles. The Bertz CT molecular complexity index is 555. The Morgan fingerprint density at radius 1 is 1.33 bits per heavy atom. The number of pyridine rings is 1. The zero-order chi connectivity index (χ0) is 13.1. The molecule has 1 heterocycles. The fourth-order valence-corrected chi connectivity index (χ4v) is 1.60. The van der Waals surface area contributed by atoms with Gasteiger partial charge in [-0.1, -0.05) is 0 Å². The number of nitrogens with zero attached hydrogens (tertiary/aromatic N) is 1. The molecule has 3 nitrogen and oxygen atoms in total. The van der Waals surface area contributed by atoms with E-state index >= 15 is 0 Å². The number of hydrogen-bond acceptors (Lipinski definition) is 3. The van der Waals surface area contributed by atoms with Gasteiger partial charge in [-0.05, 0) is 49.7 Å². The second kappa shape index (κ2) is 5.14. The number of aliphatic hydroxyl groups is 1. The molecule has 0 spiro atoms. The van der Waals surface area contributed by atoms with Crippen molar-refractivity contribution < 1.29 is 14.2 Å². The van der Waals surface area contributed by atoms with Crippen molar-refractivity contribution in [2.45, 2.75) is 20.0 Å². The van der Waals surface area contributed by atoms with Crippen LogP contribution in [0.25, 0.3) is 0 Å². The molecule has 1 atom stereocenters. The molecule has 94 valence electrons. The van der Waals surface area contributed by atoms with Gasteiger partial charge in [-0.25, -0.2) is 9.37 Å². The van der Waals surface area contributed by atoms with E-state index in [1.807, 2.05) is 0 Å². The summed E-state index contributed by atoms with van der Waals surface area (Å²) in [6.07, 6.45) is 0.910. The van der Waals surface area contributed by atoms with Crippen molar-refractivity contribution in [1.29, 1.82) is 0 Å². The van der Waals surface area contributed by atoms with Crippen molar-refractivity contribution in [2.24, 2.45) is 0 Å². The Morgan fingerprint density at radius 3 is 2.78 bits per heavy atom. The van der Waals surface area contributed by atoms with E-state index in [9.17, 15) is 9.50 Å². The number of aryl methyl sites for hydroxylation is 1. The maximum Gasteiger partial charge on any atom is 0.225 e. The smallest absolute Gasteiger partial charge is 0.225 e. The number of aromatic nitrogens is 1. The molecule has 0 radical (unpaired) electrons. The van der Waals surface area contributed by atoms with Crippen LogP contribution in [0.15, 0.2) is 36.5 Å². The lowest BCUT2D eigenvalue weighted by molar-refractivity contribution is 0.194. The highest BCUT2D eigenvalue weighted by atomic mass is 19.1. The van der Waals surface area contributed by atoms with E-state index in [-0.39, 0.29) is 5.82 Å². The first-order valence-corrected chi connectivity index (χ1v) is 5.65. The summed E-state index contributed by atoms with van der Waals surface area (Å²) in [7, 11) is 0. The lowest BCUT2D eigenvalue weighted by Gasteiger charge is -2.12. The molecule has 0 aliphatic carbocycles. The third-order valence-corrected chi connectivity index (χ3v) is 2.59. The second-order valence-corrected chi connectivity index (χ2v) is 4.09. The first kappa shape index (κ1) is 12.5. The van der Waals surface area contributed by atoms with E-state index in [2.05, 4.69) is 4.98 Å². The molecule has 1 N–H and O–H groups in total. The van der Waals surface area contributed by atoms with E-state index in [4.69, 9.17) is 4.74 Å². The van der Waals surface area contributed by atoms with Gasteiger partial charge in [0.2, 0.25) is 5.88 Å². The molecule has 0 fully saturated rings. The van der Waals surface area contributed by atoms with E-state index in [0.717, 1.165) is 0 Å². The predicted molar refractivity (Wildman–Crippen MR) is 66.1 cm³/mol. The van der Waals surface area contributed by atoms with Crippen LogP contribution in [0.5, 0.6) is 11.6 Å². The Labute approximate surface area is 105 Å². The Kier molecular flexibility index (Phi) is 3.58. The zero-order valence-electron chi connectivity index (χ0n) is 10.2. The minimum atomic E-state index is -0.671. The molecule has 2 aromatic rings. The molecule has 0 saturated heterocycles. The normalized spacial score (nSPS) is 12.2. The van der Waals surface area contributed by atoms with Crippen molar-refractivity contribution >= 4 is 0 Å². The van der Waals surface area contributed by atoms with Crippen LogP contribution in [0.2, 0.25) is 0 Å². The summed E-state index contributed by atoms with van der Waals surface area (Å²) < 4.78 is 18.7. The van der Waals surface area contributed by atoms with Gasteiger partial charge in [0.15, 0.2) is 0 Å². The highest BCUT2D eigenvalue weighted by molar-refractivity contribution is 5.35. The molecule has 4 heteroatoms. The fourth-order valence-electron chi connectivity index (χ4n) is 1.60. The molecule has 0 amide bonds. The molecule has 0 bridgehead atoms. The molecular formula is C14H14FNO2. The van der Waals surface area contributed by atoms with E-state index in [0.29, 0.717) is 22.8 Å². The van der Waals surface area contributed by atoms with Crippen LogP contribution in [0, 0.1) is 12.7 Å². The molecule has 18 heavy (non-hydrogen) atoms. The van der Waals surface area contributed by atoms with Crippen LogP contribution in [0.3, 0.4) is 0 Å². The summed E-state index contributed by atoms with van der Waals surface area (Å²) >= 11 is 0. The first-order valence-electron chi connectivity index (χ1n) is 5.65. The summed E-state index contributed by atoms with van der Waals surface area (Å²) in [5.41, 5.74) is 1.10. The Morgan fingerprint density at radius 2 is 2.11 bits per heavy atom. The van der Waals surface area contributed by atoms with Crippen molar-refractivity contribution in [2.75, 3.05) is 0 Å². The Balaban J connectivity index is 2.31. The van der Waals surface area contributed by atoms with Gasteiger partial charge in [0.25, 0.3) is 0 Å². The minimum absolute atomic E-state index is 0.279. The van der Waals surface area contributed by atoms with Gasteiger partial charge in [-0.15, -0.1) is 0 Å². The summed E-state index contributed by atoms with van der Waals surface area (Å²) in [5.74, 6) is 0.548. The standard InChI is InChI=1S/C14H14FNO2/c1-9-8-11(5-6-13(9)15)18-14-12(10(2)17)4-3-7-16-14/h3-8,10,17H,1-2H3/t10-/m0/s1. The molecule has 1 aromatic heterocycles. The maximum absolute atomic E-state index is 13.1. The number of aliphatic hydroxyl groups excluding tert-OH is 1. The van der Waals surface area contributed by atoms with Gasteiger partial charge >= 0.3 is 0 Å². The summed E-state index contributed by atoms with van der Waals surface area (Å²) in [5, 5.41) is 9.60. The predicted octanol–water partition coefficient (Wildman–Crippen LogP) is 3.37. The number of rotatable bonds is 3. The summed E-state index contributed by atoms with van der Waals surface area (Å²) in [6, 6.07) is 7.93. The van der Waals surface area contributed by atoms with Crippen molar-refractivity contribution in [1.82, 2.24) is 4.98 Å². The summed E-state index contributed by atoms with van der Waals surface area (Å²) in [6.45, 7) is 3.30. The van der Waals surface area contributed by atoms with Crippen molar-refractivity contribution in [3.05, 3.63) is 53.5 Å². The van der Waals surface area contributed by atoms with Crippen molar-refractivity contribution in [3.8, 4) is 11.6 Å². The third-order valence-electron chi connectivity index (χ3n) is 2.59. The molecule has 0 unspecified atom stereocenters. The van der Waals surface area contributed by atoms with Crippen LogP contribution in [-0.2, 0) is 0 Å². The SMILES string of the molecule is Cc1cc(Oc2ncccc2[C@H](C)O)ccc1F. The minimum Gasteiger partial charge on any atom is -0.439 e. The quantitative estimate of drug-likeness (QED) is 0.904. The molecular weight excluding hydrogens is 233 g/mol.